The molecule has 2 atom stereocenters. The molecule has 0 bridgehead atoms. The van der Waals surface area contributed by atoms with E-state index in [2.05, 4.69) is 37.1 Å². The van der Waals surface area contributed by atoms with Gasteiger partial charge in [0.15, 0.2) is 0 Å². The number of hydrogen-bond donors (Lipinski definition) is 0. The monoisotopic (exact) mass is 240 g/mol. The fourth-order valence-electron chi connectivity index (χ4n) is 3.57. The summed E-state index contributed by atoms with van der Waals surface area (Å²) in [4.78, 5) is 0. The predicted octanol–water partition coefficient (Wildman–Crippen LogP) is 4.78. The van der Waals surface area contributed by atoms with Crippen LogP contribution in [0.3, 0.4) is 0 Å². The molecular weight excluding hydrogens is 216 g/mol. The molecule has 2 saturated carbocycles. The lowest BCUT2D eigenvalue weighted by Gasteiger charge is -2.15. The van der Waals surface area contributed by atoms with Gasteiger partial charge in [-0.05, 0) is 24.0 Å². The molecule has 0 aliphatic heterocycles. The minimum atomic E-state index is 0.917. The van der Waals surface area contributed by atoms with E-state index in [-0.39, 0.29) is 0 Å². The molecule has 98 valence electrons. The maximum Gasteiger partial charge on any atom is -0.0276 e. The number of rotatable bonds is 4. The smallest absolute Gasteiger partial charge is 0.0276 e. The molecular formula is C18H24-2. The molecule has 1 aromatic rings. The van der Waals surface area contributed by atoms with Crippen LogP contribution >= 0.6 is 0 Å². The average molecular weight is 240 g/mol. The van der Waals surface area contributed by atoms with Gasteiger partial charge in [0, 0.05) is 0 Å². The summed E-state index contributed by atoms with van der Waals surface area (Å²) >= 11 is 0. The van der Waals surface area contributed by atoms with Crippen LogP contribution in [-0.2, 0) is 12.8 Å². The van der Waals surface area contributed by atoms with E-state index in [1.807, 2.05) is 0 Å². The highest BCUT2D eigenvalue weighted by molar-refractivity contribution is 5.24. The highest BCUT2D eigenvalue weighted by Gasteiger charge is 2.11. The number of benzene rings is 1. The molecule has 0 heterocycles. The first-order valence-electron chi connectivity index (χ1n) is 7.61. The molecule has 2 aliphatic carbocycles. The van der Waals surface area contributed by atoms with Crippen LogP contribution in [0.1, 0.15) is 49.7 Å². The lowest BCUT2D eigenvalue weighted by Crippen LogP contribution is -2.02. The first kappa shape index (κ1) is 12.3. The maximum atomic E-state index is 2.47. The summed E-state index contributed by atoms with van der Waals surface area (Å²) in [6.45, 7) is 0. The van der Waals surface area contributed by atoms with Gasteiger partial charge in [-0.3, -0.25) is 0 Å². The standard InChI is InChI=1S/C18H24/c1-2-7-15(6-1)12-17-10-5-11-18(14-17)13-16-8-3-4-9-16/h1,3,5,10-11,14-16H,2,4,6-9,12-13H2/q-2. The number of hydrogen-bond acceptors (Lipinski definition) is 0. The quantitative estimate of drug-likeness (QED) is 0.664. The van der Waals surface area contributed by atoms with Gasteiger partial charge in [-0.25, -0.2) is 0 Å². The zero-order valence-electron chi connectivity index (χ0n) is 11.3. The van der Waals surface area contributed by atoms with E-state index in [0.29, 0.717) is 0 Å². The Labute approximate surface area is 112 Å². The van der Waals surface area contributed by atoms with E-state index in [9.17, 15) is 0 Å². The molecule has 3 rings (SSSR count). The first-order chi connectivity index (χ1) is 8.90. The van der Waals surface area contributed by atoms with Crippen LogP contribution in [0.4, 0.5) is 0 Å². The third kappa shape index (κ3) is 3.16. The Hall–Kier alpha value is -0.780. The highest BCUT2D eigenvalue weighted by atomic mass is 14.2. The van der Waals surface area contributed by atoms with E-state index in [1.165, 1.54) is 51.4 Å². The lowest BCUT2D eigenvalue weighted by atomic mass is 9.93. The Kier molecular flexibility index (Phi) is 4.02. The van der Waals surface area contributed by atoms with Crippen molar-refractivity contribution in [3.63, 3.8) is 0 Å². The van der Waals surface area contributed by atoms with Gasteiger partial charge in [-0.2, -0.15) is 25.7 Å². The van der Waals surface area contributed by atoms with Crippen molar-refractivity contribution in [3.8, 4) is 0 Å². The Bertz CT molecular complexity index is 334. The normalized spacial score (nSPS) is 27.8. The van der Waals surface area contributed by atoms with Crippen LogP contribution in [0.15, 0.2) is 24.3 Å². The van der Waals surface area contributed by atoms with Crippen molar-refractivity contribution in [2.45, 2.75) is 51.4 Å². The third-order valence-corrected chi connectivity index (χ3v) is 4.60. The summed E-state index contributed by atoms with van der Waals surface area (Å²) in [6.07, 6.45) is 15.7. The Balaban J connectivity index is 1.60. The van der Waals surface area contributed by atoms with Crippen molar-refractivity contribution in [3.05, 3.63) is 48.2 Å². The van der Waals surface area contributed by atoms with E-state index < -0.39 is 0 Å². The van der Waals surface area contributed by atoms with Crippen molar-refractivity contribution >= 4 is 0 Å². The molecule has 0 amide bonds. The first-order valence-corrected chi connectivity index (χ1v) is 7.61. The van der Waals surface area contributed by atoms with Gasteiger partial charge in [0.1, 0.15) is 0 Å². The Morgan fingerprint density at radius 1 is 0.889 bits per heavy atom. The molecule has 2 fully saturated rings. The zero-order valence-corrected chi connectivity index (χ0v) is 11.3. The molecule has 0 saturated heterocycles. The molecule has 0 nitrogen and oxygen atoms in total. The summed E-state index contributed by atoms with van der Waals surface area (Å²) in [5.74, 6) is 1.83. The molecule has 2 aliphatic rings. The summed E-state index contributed by atoms with van der Waals surface area (Å²) in [5, 5.41) is 0. The second-order valence-electron chi connectivity index (χ2n) is 6.16. The van der Waals surface area contributed by atoms with Crippen LogP contribution in [-0.4, -0.2) is 0 Å². The molecule has 0 spiro atoms. The van der Waals surface area contributed by atoms with Gasteiger partial charge in [0.05, 0.1) is 0 Å². The SMILES string of the molecule is c1cc(CC2C[CH-]CC2)cc(CC2C[CH-]CC2)c1. The summed E-state index contributed by atoms with van der Waals surface area (Å²) in [6, 6.07) is 9.38. The second kappa shape index (κ2) is 5.91. The lowest BCUT2D eigenvalue weighted by molar-refractivity contribution is 0.545. The van der Waals surface area contributed by atoms with Gasteiger partial charge in [-0.1, -0.05) is 48.9 Å². The van der Waals surface area contributed by atoms with E-state index in [1.54, 1.807) is 11.1 Å². The van der Waals surface area contributed by atoms with Crippen LogP contribution in [0, 0.1) is 24.7 Å². The van der Waals surface area contributed by atoms with Crippen LogP contribution in [0.2, 0.25) is 0 Å². The molecule has 0 radical (unpaired) electrons. The molecule has 0 N–H and O–H groups in total. The van der Waals surface area contributed by atoms with E-state index >= 15 is 0 Å². The molecule has 0 heteroatoms. The average Bonchev–Trinajstić information content (AvgIpc) is 3.03. The van der Waals surface area contributed by atoms with Crippen LogP contribution < -0.4 is 0 Å². The van der Waals surface area contributed by atoms with E-state index in [0.717, 1.165) is 11.8 Å². The van der Waals surface area contributed by atoms with Gasteiger partial charge >= 0.3 is 0 Å². The molecule has 1 aromatic carbocycles. The largest absolute Gasteiger partial charge is 0.328 e. The fourth-order valence-corrected chi connectivity index (χ4v) is 3.57. The summed E-state index contributed by atoms with van der Waals surface area (Å²) in [5.41, 5.74) is 3.13. The van der Waals surface area contributed by atoms with Crippen molar-refractivity contribution in [2.75, 3.05) is 0 Å². The van der Waals surface area contributed by atoms with Gasteiger partial charge in [0.25, 0.3) is 0 Å². The maximum absolute atomic E-state index is 2.47. The summed E-state index contributed by atoms with van der Waals surface area (Å²) in [7, 11) is 0. The summed E-state index contributed by atoms with van der Waals surface area (Å²) < 4.78 is 0. The third-order valence-electron chi connectivity index (χ3n) is 4.60. The van der Waals surface area contributed by atoms with Crippen LogP contribution in [0.25, 0.3) is 0 Å². The predicted molar refractivity (Wildman–Crippen MR) is 77.1 cm³/mol. The van der Waals surface area contributed by atoms with Crippen LogP contribution in [0.5, 0.6) is 0 Å². The van der Waals surface area contributed by atoms with Crippen molar-refractivity contribution < 1.29 is 0 Å². The van der Waals surface area contributed by atoms with E-state index in [4.69, 9.17) is 0 Å². The molecule has 18 heavy (non-hydrogen) atoms. The molecule has 0 aromatic heterocycles. The Morgan fingerprint density at radius 2 is 1.44 bits per heavy atom. The van der Waals surface area contributed by atoms with Gasteiger partial charge in [-0.15, -0.1) is 0 Å². The minimum Gasteiger partial charge on any atom is -0.328 e. The second-order valence-corrected chi connectivity index (χ2v) is 6.16. The van der Waals surface area contributed by atoms with Gasteiger partial charge < -0.3 is 12.8 Å². The molecule has 2 unspecified atom stereocenters. The van der Waals surface area contributed by atoms with Gasteiger partial charge in [0.2, 0.25) is 0 Å². The van der Waals surface area contributed by atoms with Crippen molar-refractivity contribution in [1.82, 2.24) is 0 Å². The van der Waals surface area contributed by atoms with Crippen molar-refractivity contribution in [1.29, 1.82) is 0 Å². The zero-order chi connectivity index (χ0) is 12.2. The van der Waals surface area contributed by atoms with Crippen molar-refractivity contribution in [2.24, 2.45) is 11.8 Å². The minimum absolute atomic E-state index is 0.917. The topological polar surface area (TPSA) is 0 Å². The fraction of sp³-hybridized carbons (Fsp3) is 0.556. The Morgan fingerprint density at radius 3 is 1.89 bits per heavy atom. The highest BCUT2D eigenvalue weighted by Crippen LogP contribution is 2.29.